The first-order chi connectivity index (χ1) is 10.8. The Bertz CT molecular complexity index is 700. The summed E-state index contributed by atoms with van der Waals surface area (Å²) < 4.78 is 46.3. The van der Waals surface area contributed by atoms with Gasteiger partial charge in [0.25, 0.3) is 11.8 Å². The highest BCUT2D eigenvalue weighted by Crippen LogP contribution is 2.29. The Kier molecular flexibility index (Phi) is 4.63. The number of esters is 1. The van der Waals surface area contributed by atoms with E-state index in [1.165, 1.54) is 12.1 Å². The number of aromatic nitrogens is 2. The molecule has 1 aromatic heterocycles. The molecule has 0 aliphatic carbocycles. The van der Waals surface area contributed by atoms with Crippen molar-refractivity contribution >= 4 is 11.9 Å². The number of amides is 1. The molecule has 0 bridgehead atoms. The topological polar surface area (TPSA) is 94.3 Å². The van der Waals surface area contributed by atoms with E-state index in [0.29, 0.717) is 0 Å². The van der Waals surface area contributed by atoms with Crippen LogP contribution in [0.4, 0.5) is 13.2 Å². The van der Waals surface area contributed by atoms with Crippen molar-refractivity contribution in [2.24, 2.45) is 0 Å². The first kappa shape index (κ1) is 16.5. The van der Waals surface area contributed by atoms with Crippen LogP contribution in [0.1, 0.15) is 28.2 Å². The second-order valence-corrected chi connectivity index (χ2v) is 4.24. The zero-order chi connectivity index (χ0) is 17.0. The summed E-state index contributed by atoms with van der Waals surface area (Å²) in [6.45, 7) is 0. The van der Waals surface area contributed by atoms with Crippen LogP contribution in [0.25, 0.3) is 0 Å². The summed E-state index contributed by atoms with van der Waals surface area (Å²) in [5.74, 6) is -4.12. The van der Waals surface area contributed by atoms with Gasteiger partial charge in [0, 0.05) is 5.56 Å². The van der Waals surface area contributed by atoms with Crippen molar-refractivity contribution < 1.29 is 31.9 Å². The molecule has 0 fully saturated rings. The summed E-state index contributed by atoms with van der Waals surface area (Å²) >= 11 is 0. The van der Waals surface area contributed by atoms with Gasteiger partial charge in [-0.25, -0.2) is 4.79 Å². The number of alkyl halides is 3. The largest absolute Gasteiger partial charge is 0.470 e. The van der Waals surface area contributed by atoms with Crippen LogP contribution in [0.5, 0.6) is 0 Å². The maximum absolute atomic E-state index is 12.5. The lowest BCUT2D eigenvalue weighted by molar-refractivity contribution is -0.158. The highest BCUT2D eigenvalue weighted by atomic mass is 19.4. The van der Waals surface area contributed by atoms with Crippen LogP contribution in [0.2, 0.25) is 0 Å². The smallest absolute Gasteiger partial charge is 0.467 e. The van der Waals surface area contributed by atoms with Crippen LogP contribution in [-0.2, 0) is 15.7 Å². The molecule has 0 saturated heterocycles. The first-order valence-corrected chi connectivity index (χ1v) is 6.17. The number of ether oxygens (including phenoxy) is 1. The van der Waals surface area contributed by atoms with Gasteiger partial charge in [-0.15, -0.1) is 10.2 Å². The average Bonchev–Trinajstić information content (AvgIpc) is 3.02. The average molecular weight is 329 g/mol. The predicted octanol–water partition coefficient (Wildman–Crippen LogP) is 1.73. The monoisotopic (exact) mass is 329 g/mol. The molecule has 0 saturated carbocycles. The minimum Gasteiger partial charge on any atom is -0.467 e. The van der Waals surface area contributed by atoms with Crippen molar-refractivity contribution in [3.8, 4) is 0 Å². The number of rotatable bonds is 4. The van der Waals surface area contributed by atoms with Crippen LogP contribution in [0, 0.1) is 0 Å². The molecular weight excluding hydrogens is 319 g/mol. The van der Waals surface area contributed by atoms with E-state index in [0.717, 1.165) is 7.11 Å². The molecule has 7 nitrogen and oxygen atoms in total. The molecule has 0 aliphatic heterocycles. The van der Waals surface area contributed by atoms with Gasteiger partial charge in [0.15, 0.2) is 0 Å². The number of nitrogens with one attached hydrogen (secondary N) is 1. The van der Waals surface area contributed by atoms with Crippen molar-refractivity contribution in [1.29, 1.82) is 0 Å². The Morgan fingerprint density at radius 2 is 1.87 bits per heavy atom. The molecule has 0 aliphatic rings. The minimum absolute atomic E-state index is 0.192. The van der Waals surface area contributed by atoms with Gasteiger partial charge in [-0.05, 0) is 12.1 Å². The minimum atomic E-state index is -4.87. The maximum atomic E-state index is 12.5. The SMILES string of the molecule is COC(=O)[C@H](NC(=O)c1ccccc1)c1nnc(C(F)(F)F)o1. The van der Waals surface area contributed by atoms with Crippen LogP contribution in [0.15, 0.2) is 34.7 Å². The zero-order valence-electron chi connectivity index (χ0n) is 11.6. The number of carbonyl (C=O) groups excluding carboxylic acids is 2. The zero-order valence-corrected chi connectivity index (χ0v) is 11.6. The van der Waals surface area contributed by atoms with Gasteiger partial charge >= 0.3 is 18.0 Å². The molecule has 1 amide bonds. The van der Waals surface area contributed by atoms with Gasteiger partial charge in [-0.1, -0.05) is 18.2 Å². The number of carbonyl (C=O) groups is 2. The maximum Gasteiger partial charge on any atom is 0.470 e. The van der Waals surface area contributed by atoms with E-state index < -0.39 is 35.9 Å². The molecule has 0 spiro atoms. The van der Waals surface area contributed by atoms with Gasteiger partial charge in [-0.2, -0.15) is 13.2 Å². The van der Waals surface area contributed by atoms with Crippen molar-refractivity contribution in [2.45, 2.75) is 12.2 Å². The van der Waals surface area contributed by atoms with Crippen LogP contribution >= 0.6 is 0 Å². The van der Waals surface area contributed by atoms with E-state index in [1.807, 2.05) is 0 Å². The third kappa shape index (κ3) is 3.84. The summed E-state index contributed by atoms with van der Waals surface area (Å²) in [6.07, 6.45) is -4.87. The quantitative estimate of drug-likeness (QED) is 0.859. The number of hydrogen-bond donors (Lipinski definition) is 1. The molecule has 2 aromatic rings. The lowest BCUT2D eigenvalue weighted by Crippen LogP contribution is -2.34. The van der Waals surface area contributed by atoms with E-state index in [2.05, 4.69) is 24.7 Å². The highest BCUT2D eigenvalue weighted by Gasteiger charge is 2.40. The number of halogens is 3. The molecule has 0 unspecified atom stereocenters. The second-order valence-electron chi connectivity index (χ2n) is 4.24. The fraction of sp³-hybridized carbons (Fsp3) is 0.231. The summed E-state index contributed by atoms with van der Waals surface area (Å²) in [6, 6.07) is 6.09. The number of methoxy groups -OCH3 is 1. The van der Waals surface area contributed by atoms with Crippen molar-refractivity contribution in [2.75, 3.05) is 7.11 Å². The summed E-state index contributed by atoms with van der Waals surface area (Å²) in [5.41, 5.74) is 0.192. The summed E-state index contributed by atoms with van der Waals surface area (Å²) in [4.78, 5) is 23.7. The molecule has 23 heavy (non-hydrogen) atoms. The number of hydrogen-bond acceptors (Lipinski definition) is 6. The predicted molar refractivity (Wildman–Crippen MR) is 68.0 cm³/mol. The molecular formula is C13H10F3N3O4. The van der Waals surface area contributed by atoms with E-state index in [4.69, 9.17) is 0 Å². The Balaban J connectivity index is 2.26. The molecule has 1 N–H and O–H groups in total. The van der Waals surface area contributed by atoms with Gasteiger partial charge in [0.05, 0.1) is 7.11 Å². The highest BCUT2D eigenvalue weighted by molar-refractivity contribution is 5.96. The van der Waals surface area contributed by atoms with Gasteiger partial charge in [0.1, 0.15) is 0 Å². The van der Waals surface area contributed by atoms with Crippen LogP contribution in [0.3, 0.4) is 0 Å². The summed E-state index contributed by atoms with van der Waals surface area (Å²) in [7, 11) is 1.01. The Labute approximate surface area is 127 Å². The normalized spacial score (nSPS) is 12.5. The van der Waals surface area contributed by atoms with E-state index in [1.54, 1.807) is 18.2 Å². The summed E-state index contributed by atoms with van der Waals surface area (Å²) in [5, 5.41) is 8.14. The lowest BCUT2D eigenvalue weighted by atomic mass is 10.2. The van der Waals surface area contributed by atoms with Crippen molar-refractivity contribution in [3.63, 3.8) is 0 Å². The Hall–Kier alpha value is -2.91. The molecule has 0 radical (unpaired) electrons. The van der Waals surface area contributed by atoms with Gasteiger partial charge in [-0.3, -0.25) is 4.79 Å². The number of benzene rings is 1. The second kappa shape index (κ2) is 6.46. The van der Waals surface area contributed by atoms with E-state index in [-0.39, 0.29) is 5.56 Å². The third-order valence-electron chi connectivity index (χ3n) is 2.68. The van der Waals surface area contributed by atoms with Crippen molar-refractivity contribution in [3.05, 3.63) is 47.7 Å². The third-order valence-corrected chi connectivity index (χ3v) is 2.68. The lowest BCUT2D eigenvalue weighted by Gasteiger charge is -2.12. The van der Waals surface area contributed by atoms with Gasteiger partial charge in [0.2, 0.25) is 6.04 Å². The number of nitrogens with zero attached hydrogens (tertiary/aromatic N) is 2. The van der Waals surface area contributed by atoms with Crippen LogP contribution in [-0.4, -0.2) is 29.2 Å². The van der Waals surface area contributed by atoms with E-state index in [9.17, 15) is 22.8 Å². The molecule has 1 heterocycles. The Morgan fingerprint density at radius 3 is 2.39 bits per heavy atom. The van der Waals surface area contributed by atoms with Crippen LogP contribution < -0.4 is 5.32 Å². The Morgan fingerprint density at radius 1 is 1.22 bits per heavy atom. The van der Waals surface area contributed by atoms with Crippen molar-refractivity contribution in [1.82, 2.24) is 15.5 Å². The van der Waals surface area contributed by atoms with Gasteiger partial charge < -0.3 is 14.5 Å². The molecule has 122 valence electrons. The fourth-order valence-corrected chi connectivity index (χ4v) is 1.61. The molecule has 2 rings (SSSR count). The molecule has 1 aromatic carbocycles. The molecule has 1 atom stereocenters. The first-order valence-electron chi connectivity index (χ1n) is 6.17. The van der Waals surface area contributed by atoms with E-state index >= 15 is 0 Å². The standard InChI is InChI=1S/C13H10F3N3O4/c1-22-11(21)8(10-18-19-12(23-10)13(14,15)16)17-9(20)7-5-3-2-4-6-7/h2-6,8H,1H3,(H,17,20)/t8-/m1/s1. The molecule has 10 heteroatoms. The fourth-order valence-electron chi connectivity index (χ4n) is 1.61.